The molecule has 4 aromatic rings. The van der Waals surface area contributed by atoms with Crippen LogP contribution in [0.1, 0.15) is 11.1 Å². The van der Waals surface area contributed by atoms with Gasteiger partial charge in [-0.05, 0) is 48.4 Å². The van der Waals surface area contributed by atoms with Crippen LogP contribution in [0.2, 0.25) is 0 Å². The maximum Gasteiger partial charge on any atom is 0.236 e. The van der Waals surface area contributed by atoms with Gasteiger partial charge < -0.3 is 4.40 Å². The number of halogens is 2. The second-order valence-electron chi connectivity index (χ2n) is 6.77. The van der Waals surface area contributed by atoms with E-state index in [2.05, 4.69) is 9.71 Å². The van der Waals surface area contributed by atoms with Crippen LogP contribution in [-0.2, 0) is 15.8 Å². The zero-order valence-electron chi connectivity index (χ0n) is 15.4. The highest BCUT2D eigenvalue weighted by molar-refractivity contribution is 7.91. The second-order valence-corrected chi connectivity index (χ2v) is 8.49. The van der Waals surface area contributed by atoms with Crippen LogP contribution >= 0.6 is 0 Å². The molecule has 148 valence electrons. The number of aromatic nitrogens is 2. The van der Waals surface area contributed by atoms with E-state index < -0.39 is 27.4 Å². The highest BCUT2D eigenvalue weighted by Crippen LogP contribution is 2.24. The lowest BCUT2D eigenvalue weighted by molar-refractivity contribution is 0.579. The molecule has 5 nitrogen and oxygen atoms in total. The first-order chi connectivity index (χ1) is 13.8. The Morgan fingerprint density at radius 2 is 1.79 bits per heavy atom. The van der Waals surface area contributed by atoms with Gasteiger partial charge >= 0.3 is 0 Å². The lowest BCUT2D eigenvalue weighted by Gasteiger charge is -2.09. The molecular formula is C21H17F2N3O2S. The third-order valence-electron chi connectivity index (χ3n) is 4.39. The largest absolute Gasteiger partial charge is 0.306 e. The number of aryl methyl sites for hydroxylation is 1. The molecule has 0 saturated carbocycles. The number of anilines is 1. The molecule has 2 aromatic carbocycles. The van der Waals surface area contributed by atoms with Crippen molar-refractivity contribution in [1.29, 1.82) is 0 Å². The standard InChI is InChI=1S/C21H17F2N3O2S/c1-14-4-3-7-26-12-20(24-21(14)26)16-5-2-6-19(10-16)25-29(27,28)13-15-8-17(22)11-18(23)9-15/h2-12,25H,13H2,1H3. The number of hydrogen-bond donors (Lipinski definition) is 1. The minimum absolute atomic E-state index is 0.0296. The van der Waals surface area contributed by atoms with Gasteiger partial charge in [0.05, 0.1) is 11.4 Å². The Bertz CT molecular complexity index is 1300. The predicted molar refractivity (Wildman–Crippen MR) is 108 cm³/mol. The Morgan fingerprint density at radius 3 is 2.52 bits per heavy atom. The van der Waals surface area contributed by atoms with Gasteiger partial charge in [0.15, 0.2) is 0 Å². The number of benzene rings is 2. The van der Waals surface area contributed by atoms with Crippen LogP contribution < -0.4 is 4.72 Å². The van der Waals surface area contributed by atoms with Crippen LogP contribution in [-0.4, -0.2) is 17.8 Å². The highest BCUT2D eigenvalue weighted by atomic mass is 32.2. The van der Waals surface area contributed by atoms with E-state index in [4.69, 9.17) is 0 Å². The summed E-state index contributed by atoms with van der Waals surface area (Å²) in [6, 6.07) is 13.4. The molecule has 0 aliphatic carbocycles. The monoisotopic (exact) mass is 413 g/mol. The lowest BCUT2D eigenvalue weighted by atomic mass is 10.1. The molecule has 0 aliphatic heterocycles. The van der Waals surface area contributed by atoms with Crippen molar-refractivity contribution in [3.63, 3.8) is 0 Å². The predicted octanol–water partition coefficient (Wildman–Crippen LogP) is 4.53. The number of sulfonamides is 1. The molecule has 0 bridgehead atoms. The smallest absolute Gasteiger partial charge is 0.236 e. The average molecular weight is 413 g/mol. The fourth-order valence-corrected chi connectivity index (χ4v) is 4.33. The summed E-state index contributed by atoms with van der Waals surface area (Å²) >= 11 is 0. The van der Waals surface area contributed by atoms with E-state index in [0.29, 0.717) is 17.4 Å². The van der Waals surface area contributed by atoms with E-state index in [-0.39, 0.29) is 5.56 Å². The van der Waals surface area contributed by atoms with Crippen molar-refractivity contribution < 1.29 is 17.2 Å². The van der Waals surface area contributed by atoms with Crippen LogP contribution in [0, 0.1) is 18.6 Å². The van der Waals surface area contributed by atoms with Crippen molar-refractivity contribution in [3.8, 4) is 11.3 Å². The summed E-state index contributed by atoms with van der Waals surface area (Å²) in [5.41, 5.74) is 3.66. The number of nitrogens with zero attached hydrogens (tertiary/aromatic N) is 2. The van der Waals surface area contributed by atoms with Crippen molar-refractivity contribution in [2.24, 2.45) is 0 Å². The molecule has 4 rings (SSSR count). The van der Waals surface area contributed by atoms with Gasteiger partial charge in [0.1, 0.15) is 17.3 Å². The van der Waals surface area contributed by atoms with Gasteiger partial charge in [-0.1, -0.05) is 18.2 Å². The quantitative estimate of drug-likeness (QED) is 0.523. The number of nitrogens with one attached hydrogen (secondary N) is 1. The molecule has 2 aromatic heterocycles. The Balaban J connectivity index is 1.60. The first kappa shape index (κ1) is 19.1. The molecular weight excluding hydrogens is 396 g/mol. The van der Waals surface area contributed by atoms with Crippen molar-refractivity contribution >= 4 is 21.4 Å². The maximum atomic E-state index is 13.3. The minimum atomic E-state index is -3.86. The van der Waals surface area contributed by atoms with E-state index in [0.717, 1.165) is 28.9 Å². The number of rotatable bonds is 5. The Kier molecular flexibility index (Phi) is 4.79. The minimum Gasteiger partial charge on any atom is -0.306 e. The summed E-state index contributed by atoms with van der Waals surface area (Å²) in [5, 5.41) is 0. The molecule has 29 heavy (non-hydrogen) atoms. The van der Waals surface area contributed by atoms with Gasteiger partial charge in [0.2, 0.25) is 10.0 Å². The molecule has 1 N–H and O–H groups in total. The summed E-state index contributed by atoms with van der Waals surface area (Å²) in [4.78, 5) is 4.61. The van der Waals surface area contributed by atoms with Crippen LogP contribution in [0.15, 0.2) is 67.0 Å². The van der Waals surface area contributed by atoms with Crippen LogP contribution in [0.4, 0.5) is 14.5 Å². The number of imidazole rings is 1. The first-order valence-electron chi connectivity index (χ1n) is 8.79. The van der Waals surface area contributed by atoms with E-state index in [1.807, 2.05) is 41.9 Å². The number of pyridine rings is 1. The van der Waals surface area contributed by atoms with Crippen LogP contribution in [0.5, 0.6) is 0 Å². The molecule has 0 amide bonds. The van der Waals surface area contributed by atoms with Gasteiger partial charge in [0.25, 0.3) is 0 Å². The Hall–Kier alpha value is -3.26. The second kappa shape index (κ2) is 7.29. The van der Waals surface area contributed by atoms with E-state index in [1.54, 1.807) is 18.2 Å². The van der Waals surface area contributed by atoms with Crippen molar-refractivity contribution in [2.75, 3.05) is 4.72 Å². The zero-order valence-corrected chi connectivity index (χ0v) is 16.2. The SMILES string of the molecule is Cc1cccn2cc(-c3cccc(NS(=O)(=O)Cc4cc(F)cc(F)c4)c3)nc12. The van der Waals surface area contributed by atoms with E-state index in [9.17, 15) is 17.2 Å². The highest BCUT2D eigenvalue weighted by Gasteiger charge is 2.14. The molecule has 0 atom stereocenters. The summed E-state index contributed by atoms with van der Waals surface area (Å²) < 4.78 is 55.9. The normalized spacial score (nSPS) is 11.7. The van der Waals surface area contributed by atoms with E-state index >= 15 is 0 Å². The van der Waals surface area contributed by atoms with Gasteiger partial charge in [-0.2, -0.15) is 0 Å². The van der Waals surface area contributed by atoms with Gasteiger partial charge in [-0.15, -0.1) is 0 Å². The Morgan fingerprint density at radius 1 is 1.03 bits per heavy atom. The molecule has 0 aliphatic rings. The van der Waals surface area contributed by atoms with E-state index in [1.165, 1.54) is 0 Å². The topological polar surface area (TPSA) is 63.5 Å². The van der Waals surface area contributed by atoms with Gasteiger partial charge in [-0.25, -0.2) is 22.2 Å². The molecule has 0 saturated heterocycles. The summed E-state index contributed by atoms with van der Waals surface area (Å²) in [7, 11) is -3.86. The molecule has 0 fully saturated rings. The molecule has 8 heteroatoms. The van der Waals surface area contributed by atoms with Crippen molar-refractivity contribution in [2.45, 2.75) is 12.7 Å². The summed E-state index contributed by atoms with van der Waals surface area (Å²) in [5.74, 6) is -2.18. The maximum absolute atomic E-state index is 13.3. The lowest BCUT2D eigenvalue weighted by Crippen LogP contribution is -2.15. The number of hydrogen-bond acceptors (Lipinski definition) is 3. The Labute approximate surface area is 166 Å². The first-order valence-corrected chi connectivity index (χ1v) is 10.4. The molecule has 0 spiro atoms. The van der Waals surface area contributed by atoms with Crippen LogP contribution in [0.25, 0.3) is 16.9 Å². The average Bonchev–Trinajstić information content (AvgIpc) is 3.06. The number of fused-ring (bicyclic) bond motifs is 1. The fourth-order valence-electron chi connectivity index (χ4n) is 3.16. The third kappa shape index (κ3) is 4.27. The fraction of sp³-hybridized carbons (Fsp3) is 0.0952. The van der Waals surface area contributed by atoms with Gasteiger partial charge in [0, 0.05) is 29.7 Å². The van der Waals surface area contributed by atoms with Crippen molar-refractivity contribution in [3.05, 3.63) is 89.8 Å². The summed E-state index contributed by atoms with van der Waals surface area (Å²) in [6.45, 7) is 1.96. The van der Waals surface area contributed by atoms with Gasteiger partial charge in [-0.3, -0.25) is 4.72 Å². The molecule has 0 radical (unpaired) electrons. The molecule has 0 unspecified atom stereocenters. The van der Waals surface area contributed by atoms with Crippen LogP contribution in [0.3, 0.4) is 0 Å². The van der Waals surface area contributed by atoms with Crippen molar-refractivity contribution in [1.82, 2.24) is 9.38 Å². The third-order valence-corrected chi connectivity index (χ3v) is 5.65. The zero-order chi connectivity index (χ0) is 20.6. The molecule has 2 heterocycles. The summed E-state index contributed by atoms with van der Waals surface area (Å²) in [6.07, 6.45) is 3.76.